The summed E-state index contributed by atoms with van der Waals surface area (Å²) in [5.41, 5.74) is 2.92. The van der Waals surface area contributed by atoms with Crippen molar-refractivity contribution in [3.05, 3.63) is 59.7 Å². The monoisotopic (exact) mass is 271 g/mol. The van der Waals surface area contributed by atoms with Gasteiger partial charge in [-0.1, -0.05) is 24.3 Å². The minimum atomic E-state index is -0.820. The average molecular weight is 271 g/mol. The Hall–Kier alpha value is -2.49. The van der Waals surface area contributed by atoms with E-state index in [2.05, 4.69) is 4.90 Å². The topological polar surface area (TPSA) is 60.8 Å². The highest BCUT2D eigenvalue weighted by Crippen LogP contribution is 2.19. The normalized spacial score (nSPS) is 10.2. The van der Waals surface area contributed by atoms with Crippen molar-refractivity contribution in [1.82, 2.24) is 0 Å². The molecule has 4 nitrogen and oxygen atoms in total. The van der Waals surface area contributed by atoms with E-state index in [1.165, 1.54) is 0 Å². The number of phenolic OH excluding ortho intramolecular Hbond substituents is 1. The van der Waals surface area contributed by atoms with E-state index < -0.39 is 5.97 Å². The number of nitrogens with zero attached hydrogens (tertiary/aromatic N) is 1. The first-order valence-corrected chi connectivity index (χ1v) is 6.34. The summed E-state index contributed by atoms with van der Waals surface area (Å²) in [4.78, 5) is 12.7. The highest BCUT2D eigenvalue weighted by atomic mass is 16.4. The molecule has 2 aromatic rings. The van der Waals surface area contributed by atoms with Gasteiger partial charge in [-0.2, -0.15) is 0 Å². The fraction of sp³-hybridized carbons (Fsp3) is 0.188. The Labute approximate surface area is 117 Å². The van der Waals surface area contributed by atoms with Gasteiger partial charge in [-0.15, -0.1) is 0 Å². The highest BCUT2D eigenvalue weighted by Gasteiger charge is 2.04. The summed E-state index contributed by atoms with van der Waals surface area (Å²) in [6.07, 6.45) is 0.0497. The van der Waals surface area contributed by atoms with Crippen LogP contribution in [0.3, 0.4) is 0 Å². The van der Waals surface area contributed by atoms with Crippen molar-refractivity contribution in [1.29, 1.82) is 0 Å². The molecule has 2 rings (SSSR count). The fourth-order valence-corrected chi connectivity index (χ4v) is 2.01. The van der Waals surface area contributed by atoms with E-state index in [9.17, 15) is 9.90 Å². The van der Waals surface area contributed by atoms with E-state index >= 15 is 0 Å². The van der Waals surface area contributed by atoms with Crippen LogP contribution in [0.15, 0.2) is 48.5 Å². The largest absolute Gasteiger partial charge is 0.508 e. The lowest BCUT2D eigenvalue weighted by molar-refractivity contribution is -0.136. The number of carbonyl (C=O) groups is 1. The van der Waals surface area contributed by atoms with E-state index in [0.717, 1.165) is 23.4 Å². The van der Waals surface area contributed by atoms with Gasteiger partial charge in [0.1, 0.15) is 5.75 Å². The summed E-state index contributed by atoms with van der Waals surface area (Å²) in [6.45, 7) is 0.720. The SMILES string of the molecule is CN(Cc1ccc(CC(=O)O)cc1)c1ccc(O)cc1. The van der Waals surface area contributed by atoms with Gasteiger partial charge >= 0.3 is 5.97 Å². The number of carboxylic acid groups (broad SMARTS) is 1. The molecule has 0 atom stereocenters. The Bertz CT molecular complexity index is 576. The average Bonchev–Trinajstić information content (AvgIpc) is 2.41. The molecule has 0 saturated heterocycles. The lowest BCUT2D eigenvalue weighted by Crippen LogP contribution is -2.16. The molecule has 0 heterocycles. The van der Waals surface area contributed by atoms with Crippen LogP contribution in [-0.2, 0) is 17.8 Å². The Morgan fingerprint density at radius 1 is 1.00 bits per heavy atom. The van der Waals surface area contributed by atoms with E-state index in [0.29, 0.717) is 0 Å². The second-order valence-electron chi connectivity index (χ2n) is 4.76. The van der Waals surface area contributed by atoms with Crippen LogP contribution in [0.5, 0.6) is 5.75 Å². The molecule has 0 bridgehead atoms. The number of hydrogen-bond acceptors (Lipinski definition) is 3. The molecule has 2 aromatic carbocycles. The third-order valence-corrected chi connectivity index (χ3v) is 3.09. The Morgan fingerprint density at radius 3 is 2.10 bits per heavy atom. The number of aromatic hydroxyl groups is 1. The molecular formula is C16H17NO3. The zero-order chi connectivity index (χ0) is 14.5. The van der Waals surface area contributed by atoms with Crippen LogP contribution in [0.2, 0.25) is 0 Å². The maximum atomic E-state index is 10.6. The van der Waals surface area contributed by atoms with Crippen molar-refractivity contribution in [3.63, 3.8) is 0 Å². The van der Waals surface area contributed by atoms with Crippen LogP contribution >= 0.6 is 0 Å². The van der Waals surface area contributed by atoms with Gasteiger partial charge in [-0.3, -0.25) is 4.79 Å². The van der Waals surface area contributed by atoms with E-state index in [1.54, 1.807) is 12.1 Å². The van der Waals surface area contributed by atoms with Crippen molar-refractivity contribution in [2.45, 2.75) is 13.0 Å². The van der Waals surface area contributed by atoms with Gasteiger partial charge in [0, 0.05) is 19.3 Å². The zero-order valence-corrected chi connectivity index (χ0v) is 11.3. The highest BCUT2D eigenvalue weighted by molar-refractivity contribution is 5.70. The molecule has 0 unspecified atom stereocenters. The summed E-state index contributed by atoms with van der Waals surface area (Å²) in [5.74, 6) is -0.570. The second kappa shape index (κ2) is 6.10. The standard InChI is InChI=1S/C16H17NO3/c1-17(14-6-8-15(18)9-7-14)11-13-4-2-12(3-5-13)10-16(19)20/h2-9,18H,10-11H2,1H3,(H,19,20). The van der Waals surface area contributed by atoms with E-state index in [-0.39, 0.29) is 12.2 Å². The number of hydrogen-bond donors (Lipinski definition) is 2. The molecule has 0 saturated carbocycles. The predicted molar refractivity (Wildman–Crippen MR) is 78.0 cm³/mol. The van der Waals surface area contributed by atoms with Gasteiger partial charge in [-0.05, 0) is 35.4 Å². The maximum Gasteiger partial charge on any atom is 0.307 e. The molecule has 0 fully saturated rings. The molecule has 104 valence electrons. The Morgan fingerprint density at radius 2 is 1.55 bits per heavy atom. The lowest BCUT2D eigenvalue weighted by atomic mass is 10.1. The fourth-order valence-electron chi connectivity index (χ4n) is 2.01. The molecule has 4 heteroatoms. The van der Waals surface area contributed by atoms with Crippen LogP contribution in [0, 0.1) is 0 Å². The molecule has 0 aromatic heterocycles. The van der Waals surface area contributed by atoms with E-state index in [1.807, 2.05) is 43.4 Å². The van der Waals surface area contributed by atoms with Gasteiger partial charge in [0.25, 0.3) is 0 Å². The van der Waals surface area contributed by atoms with Crippen molar-refractivity contribution < 1.29 is 15.0 Å². The number of anilines is 1. The molecule has 0 spiro atoms. The first-order valence-electron chi connectivity index (χ1n) is 6.34. The summed E-state index contributed by atoms with van der Waals surface area (Å²) in [7, 11) is 1.97. The van der Waals surface area contributed by atoms with Crippen molar-refractivity contribution in [2.24, 2.45) is 0 Å². The lowest BCUT2D eigenvalue weighted by Gasteiger charge is -2.19. The molecule has 2 N–H and O–H groups in total. The Kier molecular flexibility index (Phi) is 4.25. The van der Waals surface area contributed by atoms with Crippen LogP contribution in [-0.4, -0.2) is 23.2 Å². The Balaban J connectivity index is 2.02. The summed E-state index contributed by atoms with van der Waals surface area (Å²) in [5, 5.41) is 18.0. The summed E-state index contributed by atoms with van der Waals surface area (Å²) in [6, 6.07) is 14.6. The van der Waals surface area contributed by atoms with Gasteiger partial charge in [0.05, 0.1) is 6.42 Å². The molecule has 20 heavy (non-hydrogen) atoms. The molecular weight excluding hydrogens is 254 g/mol. The van der Waals surface area contributed by atoms with Crippen molar-refractivity contribution in [2.75, 3.05) is 11.9 Å². The summed E-state index contributed by atoms with van der Waals surface area (Å²) < 4.78 is 0. The van der Waals surface area contributed by atoms with Crippen molar-refractivity contribution in [3.8, 4) is 5.75 Å². The first-order chi connectivity index (χ1) is 9.54. The van der Waals surface area contributed by atoms with Crippen LogP contribution in [0.25, 0.3) is 0 Å². The van der Waals surface area contributed by atoms with E-state index in [4.69, 9.17) is 5.11 Å². The van der Waals surface area contributed by atoms with Gasteiger partial charge < -0.3 is 15.1 Å². The maximum absolute atomic E-state index is 10.6. The number of phenols is 1. The number of benzene rings is 2. The predicted octanol–water partition coefficient (Wildman–Crippen LogP) is 2.66. The molecule has 0 radical (unpaired) electrons. The third-order valence-electron chi connectivity index (χ3n) is 3.09. The summed E-state index contributed by atoms with van der Waals surface area (Å²) >= 11 is 0. The third kappa shape index (κ3) is 3.75. The number of carboxylic acids is 1. The van der Waals surface area contributed by atoms with Crippen LogP contribution in [0.4, 0.5) is 5.69 Å². The molecule has 0 amide bonds. The molecule has 0 aliphatic carbocycles. The minimum Gasteiger partial charge on any atom is -0.508 e. The first kappa shape index (κ1) is 13.9. The second-order valence-corrected chi connectivity index (χ2v) is 4.76. The van der Waals surface area contributed by atoms with Gasteiger partial charge in [0.15, 0.2) is 0 Å². The quantitative estimate of drug-likeness (QED) is 0.877. The van der Waals surface area contributed by atoms with Gasteiger partial charge in [-0.25, -0.2) is 0 Å². The zero-order valence-electron chi connectivity index (χ0n) is 11.3. The molecule has 0 aliphatic heterocycles. The van der Waals surface area contributed by atoms with Crippen LogP contribution < -0.4 is 4.90 Å². The number of rotatable bonds is 5. The smallest absolute Gasteiger partial charge is 0.307 e. The van der Waals surface area contributed by atoms with Crippen molar-refractivity contribution >= 4 is 11.7 Å². The van der Waals surface area contributed by atoms with Crippen LogP contribution in [0.1, 0.15) is 11.1 Å². The molecule has 0 aliphatic rings. The van der Waals surface area contributed by atoms with Gasteiger partial charge in [0.2, 0.25) is 0 Å². The minimum absolute atomic E-state index is 0.0497. The number of aliphatic carboxylic acids is 1.